The number of benzene rings is 1. The fraction of sp³-hybridized carbons (Fsp3) is 0.467. The maximum atomic E-state index is 3.47. The molecule has 1 atom stereocenters. The van der Waals surface area contributed by atoms with Crippen LogP contribution in [0.15, 0.2) is 30.3 Å². The van der Waals surface area contributed by atoms with Crippen LogP contribution in [0, 0.1) is 0 Å². The smallest absolute Gasteiger partial charge is 0.0414 e. The molecular formula is C15H20N2S. The molecule has 1 aromatic carbocycles. The number of hydrogen-bond donors (Lipinski definition) is 1. The van der Waals surface area contributed by atoms with E-state index in [1.54, 1.807) is 0 Å². The highest BCUT2D eigenvalue weighted by atomic mass is 32.1. The quantitative estimate of drug-likeness (QED) is 0.891. The molecule has 0 spiro atoms. The minimum Gasteiger partial charge on any atom is -0.315 e. The predicted molar refractivity (Wildman–Crippen MR) is 79.3 cm³/mol. The van der Waals surface area contributed by atoms with Crippen LogP contribution in [-0.2, 0) is 0 Å². The fourth-order valence-corrected chi connectivity index (χ4v) is 3.79. The molecule has 2 heterocycles. The van der Waals surface area contributed by atoms with Gasteiger partial charge in [-0.1, -0.05) is 18.2 Å². The lowest BCUT2D eigenvalue weighted by molar-refractivity contribution is 0.228. The average molecular weight is 260 g/mol. The van der Waals surface area contributed by atoms with Gasteiger partial charge in [-0.2, -0.15) is 0 Å². The molecule has 18 heavy (non-hydrogen) atoms. The Labute approximate surface area is 113 Å². The van der Waals surface area contributed by atoms with Crippen LogP contribution in [0.1, 0.15) is 24.3 Å². The Hall–Kier alpha value is -0.900. The van der Waals surface area contributed by atoms with Crippen LogP contribution in [0.4, 0.5) is 0 Å². The molecule has 0 bridgehead atoms. The summed E-state index contributed by atoms with van der Waals surface area (Å²) in [6.07, 6.45) is 1.26. The van der Waals surface area contributed by atoms with Gasteiger partial charge in [0, 0.05) is 35.3 Å². The van der Waals surface area contributed by atoms with E-state index in [4.69, 9.17) is 0 Å². The van der Waals surface area contributed by atoms with Gasteiger partial charge in [0.1, 0.15) is 0 Å². The Morgan fingerprint density at radius 1 is 1.22 bits per heavy atom. The molecular weight excluding hydrogens is 240 g/mol. The standard InChI is InChI=1S/C15H20N2S/c1-12(17-9-4-7-16-8-10-17)15-11-13-5-2-3-6-14(13)18-15/h2-3,5-6,11-12,16H,4,7-10H2,1H3. The summed E-state index contributed by atoms with van der Waals surface area (Å²) >= 11 is 1.94. The molecule has 1 N–H and O–H groups in total. The van der Waals surface area contributed by atoms with Gasteiger partial charge < -0.3 is 5.32 Å². The van der Waals surface area contributed by atoms with Crippen molar-refractivity contribution < 1.29 is 0 Å². The fourth-order valence-electron chi connectivity index (χ4n) is 2.64. The van der Waals surface area contributed by atoms with Crippen LogP contribution < -0.4 is 5.32 Å². The second kappa shape index (κ2) is 5.39. The van der Waals surface area contributed by atoms with Crippen molar-refractivity contribution >= 4 is 21.4 Å². The summed E-state index contributed by atoms with van der Waals surface area (Å²) in [5.41, 5.74) is 0. The summed E-state index contributed by atoms with van der Waals surface area (Å²) in [7, 11) is 0. The molecule has 0 aliphatic carbocycles. The molecule has 2 nitrogen and oxygen atoms in total. The third-order valence-electron chi connectivity index (χ3n) is 3.78. The largest absolute Gasteiger partial charge is 0.315 e. The van der Waals surface area contributed by atoms with Crippen LogP contribution in [0.2, 0.25) is 0 Å². The molecule has 3 heteroatoms. The van der Waals surface area contributed by atoms with E-state index < -0.39 is 0 Å². The zero-order chi connectivity index (χ0) is 12.4. The molecule has 1 saturated heterocycles. The van der Waals surface area contributed by atoms with E-state index in [1.807, 2.05) is 11.3 Å². The van der Waals surface area contributed by atoms with Crippen LogP contribution in [0.5, 0.6) is 0 Å². The van der Waals surface area contributed by atoms with Crippen molar-refractivity contribution in [1.29, 1.82) is 0 Å². The maximum absolute atomic E-state index is 3.47. The highest BCUT2D eigenvalue weighted by Gasteiger charge is 2.18. The second-order valence-electron chi connectivity index (χ2n) is 5.00. The summed E-state index contributed by atoms with van der Waals surface area (Å²) in [6, 6.07) is 11.6. The summed E-state index contributed by atoms with van der Waals surface area (Å²) in [5.74, 6) is 0. The summed E-state index contributed by atoms with van der Waals surface area (Å²) in [6.45, 7) is 7.00. The molecule has 0 amide bonds. The van der Waals surface area contributed by atoms with E-state index in [1.165, 1.54) is 27.9 Å². The Kier molecular flexibility index (Phi) is 3.64. The maximum Gasteiger partial charge on any atom is 0.0414 e. The zero-order valence-corrected chi connectivity index (χ0v) is 11.7. The number of thiophene rings is 1. The zero-order valence-electron chi connectivity index (χ0n) is 10.9. The minimum atomic E-state index is 0.544. The van der Waals surface area contributed by atoms with Gasteiger partial charge >= 0.3 is 0 Å². The van der Waals surface area contributed by atoms with E-state index >= 15 is 0 Å². The van der Waals surface area contributed by atoms with E-state index in [2.05, 4.69) is 47.5 Å². The van der Waals surface area contributed by atoms with Crippen molar-refractivity contribution in [3.63, 3.8) is 0 Å². The summed E-state index contributed by atoms with van der Waals surface area (Å²) in [4.78, 5) is 4.10. The Balaban J connectivity index is 1.83. The third kappa shape index (κ3) is 2.44. The van der Waals surface area contributed by atoms with Crippen molar-refractivity contribution in [2.24, 2.45) is 0 Å². The third-order valence-corrected chi connectivity index (χ3v) is 5.07. The normalized spacial score (nSPS) is 19.8. The topological polar surface area (TPSA) is 15.3 Å². The van der Waals surface area contributed by atoms with Crippen molar-refractivity contribution in [2.45, 2.75) is 19.4 Å². The number of fused-ring (bicyclic) bond motifs is 1. The van der Waals surface area contributed by atoms with Crippen LogP contribution in [-0.4, -0.2) is 31.1 Å². The van der Waals surface area contributed by atoms with E-state index in [0.29, 0.717) is 6.04 Å². The molecule has 1 aliphatic heterocycles. The SMILES string of the molecule is CC(c1cc2ccccc2s1)N1CCCNCC1. The Bertz CT molecular complexity index is 479. The van der Waals surface area contributed by atoms with Gasteiger partial charge in [0.2, 0.25) is 0 Å². The van der Waals surface area contributed by atoms with Gasteiger partial charge in [0.25, 0.3) is 0 Å². The van der Waals surface area contributed by atoms with E-state index in [-0.39, 0.29) is 0 Å². The monoisotopic (exact) mass is 260 g/mol. The Morgan fingerprint density at radius 2 is 2.11 bits per heavy atom. The lowest BCUT2D eigenvalue weighted by Crippen LogP contribution is -2.30. The van der Waals surface area contributed by atoms with Crippen molar-refractivity contribution in [1.82, 2.24) is 10.2 Å². The highest BCUT2D eigenvalue weighted by molar-refractivity contribution is 7.19. The molecule has 0 saturated carbocycles. The molecule has 1 fully saturated rings. The molecule has 3 rings (SSSR count). The molecule has 96 valence electrons. The van der Waals surface area contributed by atoms with Crippen LogP contribution in [0.3, 0.4) is 0 Å². The number of nitrogens with zero attached hydrogens (tertiary/aromatic N) is 1. The van der Waals surface area contributed by atoms with Crippen molar-refractivity contribution in [3.8, 4) is 0 Å². The summed E-state index contributed by atoms with van der Waals surface area (Å²) in [5, 5.41) is 4.86. The van der Waals surface area contributed by atoms with Crippen LogP contribution in [0.25, 0.3) is 10.1 Å². The van der Waals surface area contributed by atoms with Crippen molar-refractivity contribution in [3.05, 3.63) is 35.2 Å². The lowest BCUT2D eigenvalue weighted by atomic mass is 10.2. The van der Waals surface area contributed by atoms with Gasteiger partial charge in [-0.3, -0.25) is 4.90 Å². The van der Waals surface area contributed by atoms with Gasteiger partial charge in [0.05, 0.1) is 0 Å². The first-order valence-corrected chi connectivity index (χ1v) is 7.59. The second-order valence-corrected chi connectivity index (χ2v) is 6.12. The average Bonchev–Trinajstić information content (AvgIpc) is 2.64. The van der Waals surface area contributed by atoms with Gasteiger partial charge in [-0.15, -0.1) is 11.3 Å². The van der Waals surface area contributed by atoms with Crippen molar-refractivity contribution in [2.75, 3.05) is 26.2 Å². The molecule has 1 aromatic heterocycles. The molecule has 1 aliphatic rings. The first-order chi connectivity index (χ1) is 8.84. The first kappa shape index (κ1) is 12.2. The number of nitrogens with one attached hydrogen (secondary N) is 1. The van der Waals surface area contributed by atoms with Crippen LogP contribution >= 0.6 is 11.3 Å². The summed E-state index contributed by atoms with van der Waals surface area (Å²) < 4.78 is 1.41. The van der Waals surface area contributed by atoms with E-state index in [0.717, 1.165) is 19.6 Å². The molecule has 1 unspecified atom stereocenters. The molecule has 2 aromatic rings. The highest BCUT2D eigenvalue weighted by Crippen LogP contribution is 2.32. The Morgan fingerprint density at radius 3 is 3.00 bits per heavy atom. The van der Waals surface area contributed by atoms with Gasteiger partial charge in [-0.05, 0) is 37.4 Å². The lowest BCUT2D eigenvalue weighted by Gasteiger charge is -2.26. The minimum absolute atomic E-state index is 0.544. The van der Waals surface area contributed by atoms with Gasteiger partial charge in [0.15, 0.2) is 0 Å². The predicted octanol–water partition coefficient (Wildman–Crippen LogP) is 3.26. The van der Waals surface area contributed by atoms with E-state index in [9.17, 15) is 0 Å². The number of rotatable bonds is 2. The first-order valence-electron chi connectivity index (χ1n) is 6.78. The van der Waals surface area contributed by atoms with Gasteiger partial charge in [-0.25, -0.2) is 0 Å². The number of hydrogen-bond acceptors (Lipinski definition) is 3. The molecule has 0 radical (unpaired) electrons.